The van der Waals surface area contributed by atoms with Crippen molar-refractivity contribution >= 4 is 44.8 Å². The number of aromatic nitrogens is 6. The van der Waals surface area contributed by atoms with Crippen molar-refractivity contribution in [3.63, 3.8) is 0 Å². The molecule has 6 aromatic carbocycles. The van der Waals surface area contributed by atoms with Crippen LogP contribution in [0.25, 0.3) is 44.2 Å². The lowest BCUT2D eigenvalue weighted by Crippen LogP contribution is -2.18. The minimum atomic E-state index is -0.618. The third-order valence-electron chi connectivity index (χ3n) is 9.49. The number of benzene rings is 6. The largest absolute Gasteiger partial charge is 0.505 e. The highest BCUT2D eigenvalue weighted by molar-refractivity contribution is 6.00. The van der Waals surface area contributed by atoms with Gasteiger partial charge in [0.1, 0.15) is 56.4 Å². The molecular formula is C44H38N6O6. The molecular weight excluding hydrogens is 709 g/mol. The molecule has 0 atom stereocenters. The van der Waals surface area contributed by atoms with Crippen molar-refractivity contribution in [3.8, 4) is 34.4 Å². The number of nitrogens with zero attached hydrogens (tertiary/aromatic N) is 6. The van der Waals surface area contributed by atoms with E-state index < -0.39 is 22.8 Å². The van der Waals surface area contributed by atoms with Crippen LogP contribution >= 0.6 is 0 Å². The zero-order chi connectivity index (χ0) is 39.5. The van der Waals surface area contributed by atoms with Crippen molar-refractivity contribution in [2.24, 2.45) is 0 Å². The first-order valence-electron chi connectivity index (χ1n) is 18.0. The van der Waals surface area contributed by atoms with Crippen LogP contribution in [0.15, 0.2) is 109 Å². The van der Waals surface area contributed by atoms with Crippen LogP contribution in [0.5, 0.6) is 23.0 Å². The highest BCUT2D eigenvalue weighted by Crippen LogP contribution is 2.40. The van der Waals surface area contributed by atoms with Gasteiger partial charge in [0.15, 0.2) is 0 Å². The predicted molar refractivity (Wildman–Crippen MR) is 212 cm³/mol. The second-order valence-electron chi connectivity index (χ2n) is 15.7. The van der Waals surface area contributed by atoms with Crippen molar-refractivity contribution in [2.45, 2.75) is 52.4 Å². The zero-order valence-electron chi connectivity index (χ0n) is 31.6. The summed E-state index contributed by atoms with van der Waals surface area (Å²) in [6, 6.07) is 31.1. The number of carbonyl (C=O) groups excluding carboxylic acids is 2. The summed E-state index contributed by atoms with van der Waals surface area (Å²) in [5.74, 6) is -1.12. The van der Waals surface area contributed by atoms with Crippen molar-refractivity contribution < 1.29 is 29.3 Å². The fraction of sp³-hybridized carbons (Fsp3) is 0.182. The van der Waals surface area contributed by atoms with Crippen molar-refractivity contribution in [1.29, 1.82) is 0 Å². The lowest BCUT2D eigenvalue weighted by atomic mass is 9.86. The van der Waals surface area contributed by atoms with E-state index in [4.69, 9.17) is 9.47 Å². The van der Waals surface area contributed by atoms with Gasteiger partial charge in [-0.3, -0.25) is 0 Å². The predicted octanol–water partition coefficient (Wildman–Crippen LogP) is 8.75. The summed E-state index contributed by atoms with van der Waals surface area (Å²) in [5.41, 5.74) is 4.39. The third kappa shape index (κ3) is 6.77. The number of aromatic hydroxyl groups is 2. The second kappa shape index (κ2) is 13.3. The van der Waals surface area contributed by atoms with Gasteiger partial charge in [0, 0.05) is 23.3 Å². The summed E-state index contributed by atoms with van der Waals surface area (Å²) in [4.78, 5) is 29.9. The molecule has 12 nitrogen and oxygen atoms in total. The summed E-state index contributed by atoms with van der Waals surface area (Å²) in [6.45, 7) is 11.9. The van der Waals surface area contributed by atoms with Crippen LogP contribution in [0, 0.1) is 0 Å². The number of hydrogen-bond acceptors (Lipinski definition) is 10. The SMILES string of the molecule is CC(C)(C)c1cc(-n2nc3ccccc3n2)c(O)cc1OC(=O)c1ccc2cc(C(=O)Oc3cc(O)c(-n4nc5ccccc5n4)cc3C(C)(C)C)ccc2c1. The molecule has 0 aliphatic heterocycles. The normalized spacial score (nSPS) is 12.0. The maximum absolute atomic E-state index is 13.6. The second-order valence-corrected chi connectivity index (χ2v) is 15.7. The Morgan fingerprint density at radius 3 is 1.16 bits per heavy atom. The molecule has 280 valence electrons. The number of phenolic OH excluding ortho intramolecular Hbond substituents is 2. The Morgan fingerprint density at radius 2 is 0.839 bits per heavy atom. The van der Waals surface area contributed by atoms with E-state index in [9.17, 15) is 19.8 Å². The molecule has 8 aromatic rings. The molecule has 0 aliphatic rings. The minimum absolute atomic E-state index is 0.150. The summed E-state index contributed by atoms with van der Waals surface area (Å²) in [7, 11) is 0. The molecule has 0 bridgehead atoms. The first-order chi connectivity index (χ1) is 26.6. The number of carbonyl (C=O) groups is 2. The third-order valence-corrected chi connectivity index (χ3v) is 9.49. The maximum Gasteiger partial charge on any atom is 0.343 e. The molecule has 0 amide bonds. The molecule has 0 saturated carbocycles. The van der Waals surface area contributed by atoms with Crippen LogP contribution in [0.4, 0.5) is 0 Å². The minimum Gasteiger partial charge on any atom is -0.505 e. The highest BCUT2D eigenvalue weighted by atomic mass is 16.5. The zero-order valence-corrected chi connectivity index (χ0v) is 31.6. The Bertz CT molecular complexity index is 2600. The van der Waals surface area contributed by atoms with Crippen LogP contribution in [-0.4, -0.2) is 52.1 Å². The average molecular weight is 747 g/mol. The highest BCUT2D eigenvalue weighted by Gasteiger charge is 2.27. The lowest BCUT2D eigenvalue weighted by molar-refractivity contribution is 0.0721. The van der Waals surface area contributed by atoms with E-state index in [1.807, 2.05) is 90.1 Å². The molecule has 12 heteroatoms. The smallest absolute Gasteiger partial charge is 0.343 e. The molecule has 0 radical (unpaired) electrons. The van der Waals surface area contributed by atoms with Gasteiger partial charge in [0.05, 0.1) is 11.1 Å². The number of hydrogen-bond donors (Lipinski definition) is 2. The number of esters is 2. The van der Waals surface area contributed by atoms with E-state index in [0.717, 1.165) is 0 Å². The molecule has 56 heavy (non-hydrogen) atoms. The van der Waals surface area contributed by atoms with Gasteiger partial charge >= 0.3 is 11.9 Å². The number of phenols is 2. The number of fused-ring (bicyclic) bond motifs is 3. The first-order valence-corrected chi connectivity index (χ1v) is 18.0. The molecule has 0 aliphatic carbocycles. The summed E-state index contributed by atoms with van der Waals surface area (Å²) >= 11 is 0. The van der Waals surface area contributed by atoms with Crippen LogP contribution in [0.1, 0.15) is 73.4 Å². The van der Waals surface area contributed by atoms with Crippen molar-refractivity contribution in [1.82, 2.24) is 30.0 Å². The van der Waals surface area contributed by atoms with Gasteiger partial charge in [-0.05, 0) is 82.3 Å². The van der Waals surface area contributed by atoms with Crippen LogP contribution in [-0.2, 0) is 10.8 Å². The van der Waals surface area contributed by atoms with Crippen LogP contribution in [0.2, 0.25) is 0 Å². The lowest BCUT2D eigenvalue weighted by Gasteiger charge is -2.23. The van der Waals surface area contributed by atoms with Gasteiger partial charge in [-0.15, -0.1) is 30.0 Å². The average Bonchev–Trinajstić information content (AvgIpc) is 3.78. The topological polar surface area (TPSA) is 154 Å². The molecule has 2 aromatic heterocycles. The summed E-state index contributed by atoms with van der Waals surface area (Å²) in [6.07, 6.45) is 0. The Labute approximate surface area is 321 Å². The maximum atomic E-state index is 13.6. The van der Waals surface area contributed by atoms with Crippen molar-refractivity contribution in [2.75, 3.05) is 0 Å². The van der Waals surface area contributed by atoms with Gasteiger partial charge < -0.3 is 19.7 Å². The van der Waals surface area contributed by atoms with Gasteiger partial charge in [-0.25, -0.2) is 9.59 Å². The van der Waals surface area contributed by atoms with Gasteiger partial charge in [-0.2, -0.15) is 0 Å². The molecule has 2 heterocycles. The fourth-order valence-electron chi connectivity index (χ4n) is 6.53. The van der Waals surface area contributed by atoms with Gasteiger partial charge in [0.2, 0.25) is 0 Å². The molecule has 8 rings (SSSR count). The molecule has 0 saturated heterocycles. The molecule has 0 spiro atoms. The first kappa shape index (κ1) is 35.9. The van der Waals surface area contributed by atoms with E-state index in [2.05, 4.69) is 20.4 Å². The van der Waals surface area contributed by atoms with E-state index >= 15 is 0 Å². The Balaban J connectivity index is 1.04. The quantitative estimate of drug-likeness (QED) is 0.125. The van der Waals surface area contributed by atoms with Gasteiger partial charge in [-0.1, -0.05) is 77.9 Å². The van der Waals surface area contributed by atoms with E-state index in [0.29, 0.717) is 55.3 Å². The van der Waals surface area contributed by atoms with Crippen LogP contribution in [0.3, 0.4) is 0 Å². The van der Waals surface area contributed by atoms with E-state index in [1.54, 1.807) is 48.5 Å². The standard InChI is InChI=1S/C44H38N6O6/c1-43(2,3)29-21-35(49-45-31-11-7-8-12-32(31)46-49)37(51)23-39(29)55-41(53)27-17-15-26-20-28(18-16-25(26)19-27)42(54)56-40-24-38(52)36(22-30(40)44(4,5)6)50-47-33-13-9-10-14-34(33)48-50/h7-24,51-52H,1-6H3. The van der Waals surface area contributed by atoms with Crippen LogP contribution < -0.4 is 9.47 Å². The molecule has 0 fully saturated rings. The van der Waals surface area contributed by atoms with Gasteiger partial charge in [0.25, 0.3) is 0 Å². The Kier molecular flexibility index (Phi) is 8.56. The fourth-order valence-corrected chi connectivity index (χ4v) is 6.53. The summed E-state index contributed by atoms with van der Waals surface area (Å²) in [5, 5.41) is 41.5. The summed E-state index contributed by atoms with van der Waals surface area (Å²) < 4.78 is 11.8. The number of rotatable bonds is 6. The number of ether oxygens (including phenoxy) is 2. The Hall–Kier alpha value is -7.08. The Morgan fingerprint density at radius 1 is 0.500 bits per heavy atom. The van der Waals surface area contributed by atoms with Crippen molar-refractivity contribution in [3.05, 3.63) is 131 Å². The van der Waals surface area contributed by atoms with E-state index in [1.165, 1.54) is 21.7 Å². The monoisotopic (exact) mass is 746 g/mol. The van der Waals surface area contributed by atoms with E-state index in [-0.39, 0.29) is 34.1 Å². The molecule has 2 N–H and O–H groups in total. The molecule has 0 unspecified atom stereocenters.